The largest absolute Gasteiger partial charge is 0.390 e. The Balaban J connectivity index is 2.15. The topological polar surface area (TPSA) is 52.6 Å². The summed E-state index contributed by atoms with van der Waals surface area (Å²) in [5.41, 5.74) is -0.539. The molecule has 1 fully saturated rings. The van der Waals surface area contributed by atoms with Gasteiger partial charge in [0.2, 0.25) is 5.91 Å². The lowest BCUT2D eigenvalue weighted by Gasteiger charge is -2.22. The van der Waals surface area contributed by atoms with Crippen molar-refractivity contribution in [1.82, 2.24) is 10.2 Å². The predicted octanol–water partition coefficient (Wildman–Crippen LogP) is 1.78. The van der Waals surface area contributed by atoms with Crippen LogP contribution in [0, 0.1) is 5.92 Å². The lowest BCUT2D eigenvalue weighted by atomic mass is 9.95. The van der Waals surface area contributed by atoms with Crippen molar-refractivity contribution < 1.29 is 9.90 Å². The zero-order chi connectivity index (χ0) is 14.3. The Hall–Kier alpha value is -0.610. The lowest BCUT2D eigenvalue weighted by molar-refractivity contribution is -0.121. The third kappa shape index (κ3) is 8.22. The van der Waals surface area contributed by atoms with Crippen LogP contribution in [0.15, 0.2) is 0 Å². The fourth-order valence-electron chi connectivity index (χ4n) is 2.49. The SMILES string of the molecule is C[C@H](CCCC(C)(C)O)CCN1CCCNC(=O)C1. The van der Waals surface area contributed by atoms with E-state index < -0.39 is 5.60 Å². The van der Waals surface area contributed by atoms with Gasteiger partial charge in [0.1, 0.15) is 0 Å². The van der Waals surface area contributed by atoms with Gasteiger partial charge < -0.3 is 10.4 Å². The van der Waals surface area contributed by atoms with Gasteiger partial charge in [-0.05, 0) is 45.6 Å². The molecule has 4 nitrogen and oxygen atoms in total. The lowest BCUT2D eigenvalue weighted by Crippen LogP contribution is -2.34. The Kier molecular flexibility index (Phi) is 6.80. The summed E-state index contributed by atoms with van der Waals surface area (Å²) in [5, 5.41) is 12.6. The summed E-state index contributed by atoms with van der Waals surface area (Å²) in [6, 6.07) is 0. The minimum absolute atomic E-state index is 0.159. The van der Waals surface area contributed by atoms with Crippen LogP contribution in [-0.2, 0) is 4.79 Å². The number of nitrogens with zero attached hydrogens (tertiary/aromatic N) is 1. The summed E-state index contributed by atoms with van der Waals surface area (Å²) >= 11 is 0. The highest BCUT2D eigenvalue weighted by atomic mass is 16.3. The van der Waals surface area contributed by atoms with E-state index in [0.29, 0.717) is 12.5 Å². The maximum atomic E-state index is 11.4. The van der Waals surface area contributed by atoms with Gasteiger partial charge >= 0.3 is 0 Å². The average Bonchev–Trinajstić information content (AvgIpc) is 2.49. The van der Waals surface area contributed by atoms with Gasteiger partial charge in [-0.2, -0.15) is 0 Å². The first kappa shape index (κ1) is 16.4. The predicted molar refractivity (Wildman–Crippen MR) is 78.0 cm³/mol. The molecule has 1 aliphatic heterocycles. The summed E-state index contributed by atoms with van der Waals surface area (Å²) in [4.78, 5) is 13.7. The molecular weight excluding hydrogens is 240 g/mol. The second-order valence-corrected chi connectivity index (χ2v) is 6.58. The Labute approximate surface area is 117 Å². The van der Waals surface area contributed by atoms with Gasteiger partial charge in [-0.15, -0.1) is 0 Å². The standard InChI is InChI=1S/C15H30N2O2/c1-13(6-4-8-15(2,3)19)7-11-17-10-5-9-16-14(18)12-17/h13,19H,4-12H2,1-3H3,(H,16,18)/t13-/m1/s1. The molecule has 4 heteroatoms. The van der Waals surface area contributed by atoms with Crippen molar-refractivity contribution in [3.05, 3.63) is 0 Å². The quantitative estimate of drug-likeness (QED) is 0.741. The first-order chi connectivity index (χ1) is 8.87. The maximum Gasteiger partial charge on any atom is 0.234 e. The molecule has 112 valence electrons. The van der Waals surface area contributed by atoms with Crippen molar-refractivity contribution in [3.8, 4) is 0 Å². The highest BCUT2D eigenvalue weighted by Crippen LogP contribution is 2.18. The summed E-state index contributed by atoms with van der Waals surface area (Å²) in [5.74, 6) is 0.820. The van der Waals surface area contributed by atoms with Gasteiger partial charge in [-0.3, -0.25) is 9.69 Å². The van der Waals surface area contributed by atoms with Gasteiger partial charge in [0.25, 0.3) is 0 Å². The highest BCUT2D eigenvalue weighted by Gasteiger charge is 2.16. The minimum atomic E-state index is -0.539. The van der Waals surface area contributed by atoms with Crippen LogP contribution in [0.2, 0.25) is 0 Å². The van der Waals surface area contributed by atoms with Crippen LogP contribution < -0.4 is 5.32 Å². The third-order valence-electron chi connectivity index (χ3n) is 3.76. The first-order valence-corrected chi connectivity index (χ1v) is 7.58. The van der Waals surface area contributed by atoms with E-state index in [1.165, 1.54) is 0 Å². The van der Waals surface area contributed by atoms with E-state index in [1.54, 1.807) is 0 Å². The number of carbonyl (C=O) groups excluding carboxylic acids is 1. The summed E-state index contributed by atoms with van der Waals surface area (Å²) < 4.78 is 0. The normalized spacial score (nSPS) is 19.9. The van der Waals surface area contributed by atoms with E-state index >= 15 is 0 Å². The first-order valence-electron chi connectivity index (χ1n) is 7.58. The van der Waals surface area contributed by atoms with Gasteiger partial charge in [0.15, 0.2) is 0 Å². The van der Waals surface area contributed by atoms with E-state index in [4.69, 9.17) is 0 Å². The molecule has 0 aliphatic carbocycles. The number of amides is 1. The molecule has 0 radical (unpaired) electrons. The molecule has 0 unspecified atom stereocenters. The number of nitrogens with one attached hydrogen (secondary N) is 1. The Morgan fingerprint density at radius 1 is 1.42 bits per heavy atom. The maximum absolute atomic E-state index is 11.4. The van der Waals surface area contributed by atoms with Gasteiger partial charge in [-0.1, -0.05) is 19.8 Å². The van der Waals surface area contributed by atoms with Crippen molar-refractivity contribution >= 4 is 5.91 Å². The molecule has 1 aliphatic rings. The van der Waals surface area contributed by atoms with Crippen LogP contribution in [0.5, 0.6) is 0 Å². The zero-order valence-corrected chi connectivity index (χ0v) is 12.7. The number of carbonyl (C=O) groups is 1. The van der Waals surface area contributed by atoms with Crippen LogP contribution in [-0.4, -0.2) is 47.7 Å². The molecule has 0 aromatic carbocycles. The van der Waals surface area contributed by atoms with Gasteiger partial charge in [0.05, 0.1) is 12.1 Å². The number of hydrogen-bond acceptors (Lipinski definition) is 3. The molecule has 1 saturated heterocycles. The van der Waals surface area contributed by atoms with Crippen molar-refractivity contribution in [1.29, 1.82) is 0 Å². The van der Waals surface area contributed by atoms with Crippen molar-refractivity contribution in [2.24, 2.45) is 5.92 Å². The Bertz CT molecular complexity index is 274. The fourth-order valence-corrected chi connectivity index (χ4v) is 2.49. The van der Waals surface area contributed by atoms with Gasteiger partial charge in [-0.25, -0.2) is 0 Å². The van der Waals surface area contributed by atoms with Crippen LogP contribution in [0.3, 0.4) is 0 Å². The molecule has 1 rings (SSSR count). The van der Waals surface area contributed by atoms with Crippen LogP contribution in [0.4, 0.5) is 0 Å². The molecule has 2 N–H and O–H groups in total. The Morgan fingerprint density at radius 2 is 2.16 bits per heavy atom. The Morgan fingerprint density at radius 3 is 2.84 bits per heavy atom. The molecule has 1 atom stereocenters. The molecule has 0 saturated carbocycles. The molecule has 0 aromatic rings. The third-order valence-corrected chi connectivity index (χ3v) is 3.76. The highest BCUT2D eigenvalue weighted by molar-refractivity contribution is 5.78. The number of aliphatic hydroxyl groups is 1. The van der Waals surface area contributed by atoms with Crippen molar-refractivity contribution in [2.75, 3.05) is 26.2 Å². The smallest absolute Gasteiger partial charge is 0.234 e. The fraction of sp³-hybridized carbons (Fsp3) is 0.933. The molecule has 1 amide bonds. The monoisotopic (exact) mass is 270 g/mol. The molecule has 0 spiro atoms. The molecular formula is C15H30N2O2. The van der Waals surface area contributed by atoms with E-state index in [2.05, 4.69) is 17.1 Å². The van der Waals surface area contributed by atoms with Crippen LogP contribution in [0.25, 0.3) is 0 Å². The van der Waals surface area contributed by atoms with E-state index in [1.807, 2.05) is 13.8 Å². The van der Waals surface area contributed by atoms with E-state index in [9.17, 15) is 9.90 Å². The molecule has 0 bridgehead atoms. The molecule has 0 aromatic heterocycles. The zero-order valence-electron chi connectivity index (χ0n) is 12.7. The van der Waals surface area contributed by atoms with Crippen molar-refractivity contribution in [3.63, 3.8) is 0 Å². The van der Waals surface area contributed by atoms with Gasteiger partial charge in [0, 0.05) is 13.1 Å². The van der Waals surface area contributed by atoms with Crippen molar-refractivity contribution in [2.45, 2.75) is 58.5 Å². The summed E-state index contributed by atoms with van der Waals surface area (Å²) in [6.45, 7) is 9.41. The summed E-state index contributed by atoms with van der Waals surface area (Å²) in [7, 11) is 0. The summed E-state index contributed by atoms with van der Waals surface area (Å²) in [6.07, 6.45) is 5.29. The van der Waals surface area contributed by atoms with E-state index in [-0.39, 0.29) is 5.91 Å². The van der Waals surface area contributed by atoms with E-state index in [0.717, 1.165) is 51.7 Å². The average molecular weight is 270 g/mol. The minimum Gasteiger partial charge on any atom is -0.390 e. The number of hydrogen-bond donors (Lipinski definition) is 2. The molecule has 19 heavy (non-hydrogen) atoms. The van der Waals surface area contributed by atoms with Crippen LogP contribution >= 0.6 is 0 Å². The second kappa shape index (κ2) is 7.85. The van der Waals surface area contributed by atoms with Crippen LogP contribution in [0.1, 0.15) is 52.9 Å². The second-order valence-electron chi connectivity index (χ2n) is 6.58. The molecule has 1 heterocycles. The number of rotatable bonds is 7.